The lowest BCUT2D eigenvalue weighted by Gasteiger charge is -2.08. The highest BCUT2D eigenvalue weighted by Gasteiger charge is 2.09. The van der Waals surface area contributed by atoms with Crippen LogP contribution in [0, 0.1) is 6.92 Å². The highest BCUT2D eigenvalue weighted by Crippen LogP contribution is 2.20. The highest BCUT2D eigenvalue weighted by atomic mass is 79.9. The fourth-order valence-corrected chi connectivity index (χ4v) is 2.51. The summed E-state index contributed by atoms with van der Waals surface area (Å²) >= 11 is 3.35. The van der Waals surface area contributed by atoms with E-state index >= 15 is 0 Å². The van der Waals surface area contributed by atoms with E-state index in [1.807, 2.05) is 25.1 Å². The average molecular weight is 318 g/mol. The summed E-state index contributed by atoms with van der Waals surface area (Å²) in [5, 5.41) is 5.28. The molecule has 0 unspecified atom stereocenters. The number of rotatable bonds is 2. The number of halogens is 1. The van der Waals surface area contributed by atoms with E-state index in [2.05, 4.69) is 43.1 Å². The summed E-state index contributed by atoms with van der Waals surface area (Å²) in [5.41, 5.74) is 8.71. The number of aryl methyl sites for hydroxylation is 1. The predicted octanol–water partition coefficient (Wildman–Crippen LogP) is 2.53. The largest absolute Gasteiger partial charge is 0.366 e. The van der Waals surface area contributed by atoms with Crippen LogP contribution in [0.5, 0.6) is 0 Å². The lowest BCUT2D eigenvalue weighted by molar-refractivity contribution is 0.672. The topological polar surface area (TPSA) is 69.6 Å². The van der Waals surface area contributed by atoms with Crippen molar-refractivity contribution < 1.29 is 0 Å². The Morgan fingerprint density at radius 1 is 1.26 bits per heavy atom. The molecule has 0 aliphatic carbocycles. The van der Waals surface area contributed by atoms with Gasteiger partial charge in [-0.1, -0.05) is 18.2 Å². The number of fused-ring (bicyclic) bond motifs is 1. The van der Waals surface area contributed by atoms with Crippen molar-refractivity contribution in [2.75, 3.05) is 5.73 Å². The number of para-hydroxylation sites is 1. The van der Waals surface area contributed by atoms with E-state index in [1.165, 1.54) is 0 Å². The Morgan fingerprint density at radius 3 is 2.79 bits per heavy atom. The first-order valence-corrected chi connectivity index (χ1v) is 6.64. The molecular weight excluding hydrogens is 306 g/mol. The summed E-state index contributed by atoms with van der Waals surface area (Å²) in [5.74, 6) is 0.266. The Bertz CT molecular complexity index is 750. The van der Waals surface area contributed by atoms with Crippen molar-refractivity contribution in [1.29, 1.82) is 0 Å². The first-order chi connectivity index (χ1) is 9.13. The number of anilines is 1. The fourth-order valence-electron chi connectivity index (χ4n) is 2.13. The van der Waals surface area contributed by atoms with Crippen LogP contribution in [-0.2, 0) is 6.54 Å². The zero-order valence-corrected chi connectivity index (χ0v) is 11.9. The second-order valence-electron chi connectivity index (χ2n) is 4.34. The molecule has 3 aromatic rings. The van der Waals surface area contributed by atoms with Crippen molar-refractivity contribution in [3.05, 3.63) is 46.3 Å². The minimum absolute atomic E-state index is 0.266. The second kappa shape index (κ2) is 4.62. The zero-order chi connectivity index (χ0) is 13.4. The van der Waals surface area contributed by atoms with Crippen LogP contribution in [0.25, 0.3) is 10.9 Å². The SMILES string of the molecule is Cc1cc(Cn2nc(N)nc2Br)c2ccccc2n1. The maximum absolute atomic E-state index is 5.59. The van der Waals surface area contributed by atoms with Crippen molar-refractivity contribution in [3.8, 4) is 0 Å². The number of hydrogen-bond acceptors (Lipinski definition) is 4. The fraction of sp³-hybridized carbons (Fsp3) is 0.154. The van der Waals surface area contributed by atoms with Gasteiger partial charge in [-0.15, -0.1) is 5.10 Å². The van der Waals surface area contributed by atoms with Gasteiger partial charge >= 0.3 is 0 Å². The third kappa shape index (κ3) is 2.31. The molecule has 0 spiro atoms. The maximum atomic E-state index is 5.59. The van der Waals surface area contributed by atoms with Crippen LogP contribution in [0.15, 0.2) is 35.1 Å². The van der Waals surface area contributed by atoms with Gasteiger partial charge in [-0.05, 0) is 40.5 Å². The summed E-state index contributed by atoms with van der Waals surface area (Å²) < 4.78 is 2.36. The van der Waals surface area contributed by atoms with Crippen LogP contribution in [0.2, 0.25) is 0 Å². The molecule has 0 amide bonds. The molecule has 19 heavy (non-hydrogen) atoms. The van der Waals surface area contributed by atoms with Gasteiger partial charge in [-0.25, -0.2) is 4.68 Å². The molecule has 1 aromatic carbocycles. The predicted molar refractivity (Wildman–Crippen MR) is 77.7 cm³/mol. The van der Waals surface area contributed by atoms with E-state index < -0.39 is 0 Å². The minimum Gasteiger partial charge on any atom is -0.366 e. The summed E-state index contributed by atoms with van der Waals surface area (Å²) in [6, 6.07) is 10.1. The second-order valence-corrected chi connectivity index (χ2v) is 5.05. The standard InChI is InChI=1S/C13H12BrN5/c1-8-6-9(7-19-12(14)17-13(15)18-19)10-4-2-3-5-11(10)16-8/h2-6H,7H2,1H3,(H2,15,18). The van der Waals surface area contributed by atoms with Gasteiger partial charge in [0.2, 0.25) is 5.95 Å². The molecule has 0 bridgehead atoms. The van der Waals surface area contributed by atoms with Crippen molar-refractivity contribution in [2.45, 2.75) is 13.5 Å². The third-order valence-electron chi connectivity index (χ3n) is 2.89. The van der Waals surface area contributed by atoms with Crippen LogP contribution in [0.4, 0.5) is 5.95 Å². The molecule has 0 atom stereocenters. The summed E-state index contributed by atoms with van der Waals surface area (Å²) in [6.45, 7) is 2.59. The van der Waals surface area contributed by atoms with Crippen molar-refractivity contribution in [3.63, 3.8) is 0 Å². The van der Waals surface area contributed by atoms with E-state index in [4.69, 9.17) is 5.73 Å². The van der Waals surface area contributed by atoms with Gasteiger partial charge < -0.3 is 5.73 Å². The van der Waals surface area contributed by atoms with Crippen LogP contribution >= 0.6 is 15.9 Å². The van der Waals surface area contributed by atoms with Gasteiger partial charge in [-0.3, -0.25) is 4.98 Å². The van der Waals surface area contributed by atoms with Crippen LogP contribution in [-0.4, -0.2) is 19.7 Å². The Morgan fingerprint density at radius 2 is 2.05 bits per heavy atom. The number of aromatic nitrogens is 4. The molecule has 0 saturated heterocycles. The summed E-state index contributed by atoms with van der Waals surface area (Å²) in [4.78, 5) is 8.56. The third-order valence-corrected chi connectivity index (χ3v) is 3.48. The van der Waals surface area contributed by atoms with E-state index in [1.54, 1.807) is 4.68 Å². The molecule has 0 saturated carbocycles. The number of hydrogen-bond donors (Lipinski definition) is 1. The molecule has 0 aliphatic heterocycles. The molecule has 2 N–H and O–H groups in total. The Labute approximate surface area is 118 Å². The quantitative estimate of drug-likeness (QED) is 0.788. The first-order valence-electron chi connectivity index (χ1n) is 5.84. The number of nitrogens with zero attached hydrogens (tertiary/aromatic N) is 4. The monoisotopic (exact) mass is 317 g/mol. The van der Waals surface area contributed by atoms with E-state index in [0.29, 0.717) is 11.3 Å². The molecule has 6 heteroatoms. The molecule has 5 nitrogen and oxygen atoms in total. The van der Waals surface area contributed by atoms with Crippen LogP contribution in [0.1, 0.15) is 11.3 Å². The van der Waals surface area contributed by atoms with E-state index in [-0.39, 0.29) is 5.95 Å². The van der Waals surface area contributed by atoms with Crippen molar-refractivity contribution >= 4 is 32.8 Å². The molecule has 2 heterocycles. The first kappa shape index (κ1) is 12.1. The van der Waals surface area contributed by atoms with Gasteiger partial charge in [0, 0.05) is 11.1 Å². The maximum Gasteiger partial charge on any atom is 0.240 e. The number of benzene rings is 1. The molecule has 0 aliphatic rings. The van der Waals surface area contributed by atoms with Gasteiger partial charge in [-0.2, -0.15) is 4.98 Å². The van der Waals surface area contributed by atoms with Gasteiger partial charge in [0.1, 0.15) is 0 Å². The lowest BCUT2D eigenvalue weighted by atomic mass is 10.1. The average Bonchev–Trinajstić information content (AvgIpc) is 2.67. The molecular formula is C13H12BrN5. The Kier molecular flexibility index (Phi) is 2.94. The van der Waals surface area contributed by atoms with Crippen molar-refractivity contribution in [2.24, 2.45) is 0 Å². The molecule has 0 fully saturated rings. The number of nitrogens with two attached hydrogens (primary N) is 1. The smallest absolute Gasteiger partial charge is 0.240 e. The number of pyridine rings is 1. The van der Waals surface area contributed by atoms with E-state index in [0.717, 1.165) is 22.2 Å². The summed E-state index contributed by atoms with van der Waals surface area (Å²) in [7, 11) is 0. The van der Waals surface area contributed by atoms with Gasteiger partial charge in [0.25, 0.3) is 0 Å². The molecule has 0 radical (unpaired) electrons. The Balaban J connectivity index is 2.12. The van der Waals surface area contributed by atoms with Gasteiger partial charge in [0.05, 0.1) is 12.1 Å². The highest BCUT2D eigenvalue weighted by molar-refractivity contribution is 9.10. The van der Waals surface area contributed by atoms with Crippen molar-refractivity contribution in [1.82, 2.24) is 19.7 Å². The molecule has 2 aromatic heterocycles. The zero-order valence-electron chi connectivity index (χ0n) is 10.3. The Hall–Kier alpha value is -1.95. The van der Waals surface area contributed by atoms with Crippen LogP contribution < -0.4 is 5.73 Å². The lowest BCUT2D eigenvalue weighted by Crippen LogP contribution is -2.04. The van der Waals surface area contributed by atoms with E-state index in [9.17, 15) is 0 Å². The summed E-state index contributed by atoms with van der Waals surface area (Å²) in [6.07, 6.45) is 0. The normalized spacial score (nSPS) is 11.1. The molecule has 96 valence electrons. The number of nitrogen functional groups attached to an aromatic ring is 1. The molecule has 3 rings (SSSR count). The van der Waals surface area contributed by atoms with Crippen LogP contribution in [0.3, 0.4) is 0 Å². The van der Waals surface area contributed by atoms with Gasteiger partial charge in [0.15, 0.2) is 4.73 Å². The minimum atomic E-state index is 0.266.